The zero-order chi connectivity index (χ0) is 13.5. The second-order valence-electron chi connectivity index (χ2n) is 4.79. The molecule has 2 rings (SSSR count). The second-order valence-corrected chi connectivity index (χ2v) is 5.82. The minimum atomic E-state index is 0.475. The van der Waals surface area contributed by atoms with Crippen molar-refractivity contribution >= 4 is 11.3 Å². The Morgan fingerprint density at radius 1 is 1.37 bits per heavy atom. The number of rotatable bonds is 8. The van der Waals surface area contributed by atoms with Gasteiger partial charge in [0.15, 0.2) is 0 Å². The first-order valence-electron chi connectivity index (χ1n) is 6.64. The number of furan rings is 1. The van der Waals surface area contributed by atoms with Gasteiger partial charge in [-0.2, -0.15) is 0 Å². The summed E-state index contributed by atoms with van der Waals surface area (Å²) in [7, 11) is 0. The van der Waals surface area contributed by atoms with E-state index in [1.165, 1.54) is 10.4 Å². The van der Waals surface area contributed by atoms with Crippen molar-refractivity contribution in [2.45, 2.75) is 39.5 Å². The van der Waals surface area contributed by atoms with Crippen LogP contribution in [0.3, 0.4) is 0 Å². The van der Waals surface area contributed by atoms with Gasteiger partial charge in [0.25, 0.3) is 0 Å². The lowest BCUT2D eigenvalue weighted by atomic mass is 10.2. The first kappa shape index (κ1) is 14.3. The molecule has 0 unspecified atom stereocenters. The normalized spacial score (nSPS) is 11.3. The summed E-state index contributed by atoms with van der Waals surface area (Å²) in [6.45, 7) is 6.39. The van der Waals surface area contributed by atoms with E-state index in [4.69, 9.17) is 9.15 Å². The van der Waals surface area contributed by atoms with E-state index < -0.39 is 0 Å². The Labute approximate surface area is 118 Å². The van der Waals surface area contributed by atoms with Crippen molar-refractivity contribution in [3.05, 3.63) is 46.0 Å². The Hall–Kier alpha value is -1.10. The fourth-order valence-electron chi connectivity index (χ4n) is 1.76. The molecule has 0 bridgehead atoms. The summed E-state index contributed by atoms with van der Waals surface area (Å²) in [5, 5.41) is 5.48. The van der Waals surface area contributed by atoms with Gasteiger partial charge in [0.2, 0.25) is 0 Å². The monoisotopic (exact) mass is 279 g/mol. The van der Waals surface area contributed by atoms with Crippen LogP contribution < -0.4 is 5.32 Å². The highest BCUT2D eigenvalue weighted by atomic mass is 32.1. The quantitative estimate of drug-likeness (QED) is 0.750. The van der Waals surface area contributed by atoms with Crippen LogP contribution in [0.2, 0.25) is 0 Å². The molecule has 0 atom stereocenters. The third-order valence-electron chi connectivity index (χ3n) is 2.84. The molecule has 0 spiro atoms. The predicted octanol–water partition coefficient (Wildman–Crippen LogP) is 3.60. The van der Waals surface area contributed by atoms with E-state index in [2.05, 4.69) is 36.7 Å². The highest BCUT2D eigenvalue weighted by Crippen LogP contribution is 2.13. The Morgan fingerprint density at radius 2 is 2.26 bits per heavy atom. The highest BCUT2D eigenvalue weighted by molar-refractivity contribution is 7.09. The second kappa shape index (κ2) is 7.48. The van der Waals surface area contributed by atoms with E-state index in [9.17, 15) is 0 Å². The summed E-state index contributed by atoms with van der Waals surface area (Å²) in [5.41, 5.74) is 1.19. The fraction of sp³-hybridized carbons (Fsp3) is 0.467. The van der Waals surface area contributed by atoms with E-state index >= 15 is 0 Å². The molecule has 2 aromatic rings. The molecule has 0 aromatic carbocycles. The summed E-state index contributed by atoms with van der Waals surface area (Å²) in [5.74, 6) is 0.930. The van der Waals surface area contributed by atoms with Gasteiger partial charge in [-0.1, -0.05) is 19.9 Å². The van der Waals surface area contributed by atoms with Gasteiger partial charge in [-0.3, -0.25) is 0 Å². The number of ether oxygens (including phenoxy) is 1. The summed E-state index contributed by atoms with van der Waals surface area (Å²) in [4.78, 5) is 1.36. The molecule has 0 amide bonds. The Balaban J connectivity index is 1.72. The number of hydrogen-bond donors (Lipinski definition) is 1. The van der Waals surface area contributed by atoms with Crippen LogP contribution >= 0.6 is 11.3 Å². The smallest absolute Gasteiger partial charge is 0.133 e. The molecule has 1 N–H and O–H groups in total. The lowest BCUT2D eigenvalue weighted by molar-refractivity contribution is 0.108. The molecule has 0 aliphatic carbocycles. The van der Waals surface area contributed by atoms with Crippen LogP contribution in [0.25, 0.3) is 0 Å². The molecule has 19 heavy (non-hydrogen) atoms. The van der Waals surface area contributed by atoms with Crippen molar-refractivity contribution < 1.29 is 9.15 Å². The molecule has 2 aromatic heterocycles. The average molecular weight is 279 g/mol. The molecule has 0 aliphatic heterocycles. The van der Waals surface area contributed by atoms with Crippen LogP contribution in [0.1, 0.15) is 30.0 Å². The van der Waals surface area contributed by atoms with Gasteiger partial charge < -0.3 is 14.5 Å². The SMILES string of the molecule is CC(C)NCc1ccoc1COCCc1cccs1. The summed E-state index contributed by atoms with van der Waals surface area (Å²) in [6.07, 6.45) is 2.70. The molecule has 104 valence electrons. The maximum absolute atomic E-state index is 5.68. The average Bonchev–Trinajstić information content (AvgIpc) is 3.03. The number of nitrogens with one attached hydrogen (secondary N) is 1. The third kappa shape index (κ3) is 4.82. The molecule has 0 radical (unpaired) electrons. The van der Waals surface area contributed by atoms with Crippen molar-refractivity contribution in [1.29, 1.82) is 0 Å². The fourth-order valence-corrected chi connectivity index (χ4v) is 2.45. The van der Waals surface area contributed by atoms with E-state index in [0.29, 0.717) is 12.6 Å². The summed E-state index contributed by atoms with van der Waals surface area (Å²) >= 11 is 1.77. The van der Waals surface area contributed by atoms with Crippen LogP contribution in [-0.4, -0.2) is 12.6 Å². The Morgan fingerprint density at radius 3 is 3.00 bits per heavy atom. The standard InChI is InChI=1S/C15H21NO2S/c1-12(2)16-10-13-5-8-18-15(13)11-17-7-6-14-4-3-9-19-14/h3-5,8-9,12,16H,6-7,10-11H2,1-2H3. The van der Waals surface area contributed by atoms with E-state index in [1.807, 2.05) is 6.07 Å². The molecule has 4 heteroatoms. The van der Waals surface area contributed by atoms with Crippen molar-refractivity contribution in [1.82, 2.24) is 5.32 Å². The predicted molar refractivity (Wildman–Crippen MR) is 78.4 cm³/mol. The molecule has 2 heterocycles. The molecule has 0 aliphatic rings. The summed E-state index contributed by atoms with van der Waals surface area (Å²) in [6, 6.07) is 6.69. The van der Waals surface area contributed by atoms with Gasteiger partial charge in [0.05, 0.1) is 12.9 Å². The number of thiophene rings is 1. The molecule has 3 nitrogen and oxygen atoms in total. The minimum Gasteiger partial charge on any atom is -0.467 e. The largest absolute Gasteiger partial charge is 0.467 e. The topological polar surface area (TPSA) is 34.4 Å². The zero-order valence-electron chi connectivity index (χ0n) is 11.5. The van der Waals surface area contributed by atoms with Crippen LogP contribution in [0.4, 0.5) is 0 Å². The highest BCUT2D eigenvalue weighted by Gasteiger charge is 2.07. The van der Waals surface area contributed by atoms with Gasteiger partial charge in [-0.15, -0.1) is 11.3 Å². The minimum absolute atomic E-state index is 0.475. The Kier molecular flexibility index (Phi) is 5.63. The van der Waals surface area contributed by atoms with Gasteiger partial charge in [-0.05, 0) is 17.5 Å². The van der Waals surface area contributed by atoms with Crippen molar-refractivity contribution in [2.24, 2.45) is 0 Å². The third-order valence-corrected chi connectivity index (χ3v) is 3.78. The first-order valence-corrected chi connectivity index (χ1v) is 7.52. The zero-order valence-corrected chi connectivity index (χ0v) is 12.3. The molecule has 0 saturated carbocycles. The molecule has 0 saturated heterocycles. The van der Waals surface area contributed by atoms with Crippen molar-refractivity contribution in [3.63, 3.8) is 0 Å². The van der Waals surface area contributed by atoms with E-state index in [0.717, 1.165) is 25.3 Å². The van der Waals surface area contributed by atoms with Gasteiger partial charge in [0.1, 0.15) is 12.4 Å². The molecule has 0 fully saturated rings. The van der Waals surface area contributed by atoms with E-state index in [-0.39, 0.29) is 0 Å². The van der Waals surface area contributed by atoms with Crippen LogP contribution in [-0.2, 0) is 24.3 Å². The van der Waals surface area contributed by atoms with Crippen molar-refractivity contribution in [3.8, 4) is 0 Å². The maximum atomic E-state index is 5.68. The lowest BCUT2D eigenvalue weighted by Crippen LogP contribution is -2.22. The first-order chi connectivity index (χ1) is 9.25. The lowest BCUT2D eigenvalue weighted by Gasteiger charge is -2.08. The van der Waals surface area contributed by atoms with Crippen LogP contribution in [0.15, 0.2) is 34.3 Å². The van der Waals surface area contributed by atoms with Crippen molar-refractivity contribution in [2.75, 3.05) is 6.61 Å². The molecular weight excluding hydrogens is 258 g/mol. The Bertz CT molecular complexity index is 462. The maximum Gasteiger partial charge on any atom is 0.133 e. The molecular formula is C15H21NO2S. The van der Waals surface area contributed by atoms with Gasteiger partial charge in [-0.25, -0.2) is 0 Å². The van der Waals surface area contributed by atoms with Crippen LogP contribution in [0.5, 0.6) is 0 Å². The number of hydrogen-bond acceptors (Lipinski definition) is 4. The summed E-state index contributed by atoms with van der Waals surface area (Å²) < 4.78 is 11.2. The van der Waals surface area contributed by atoms with Gasteiger partial charge >= 0.3 is 0 Å². The van der Waals surface area contributed by atoms with Gasteiger partial charge in [0, 0.05) is 29.4 Å². The van der Waals surface area contributed by atoms with Crippen LogP contribution in [0, 0.1) is 0 Å². The van der Waals surface area contributed by atoms with E-state index in [1.54, 1.807) is 17.6 Å².